The molecule has 0 saturated carbocycles. The summed E-state index contributed by atoms with van der Waals surface area (Å²) in [5.41, 5.74) is 5.46. The second-order valence-corrected chi connectivity index (χ2v) is 36.1. The first-order valence-electron chi connectivity index (χ1n) is 45.2. The lowest BCUT2D eigenvalue weighted by molar-refractivity contribution is -0.138. The molecule has 0 saturated heterocycles. The number of halogens is 12. The molecule has 0 radical (unpaired) electrons. The second kappa shape index (κ2) is 33.6. The van der Waals surface area contributed by atoms with Gasteiger partial charge in [-0.15, -0.1) is 0 Å². The van der Waals surface area contributed by atoms with Crippen LogP contribution in [0.5, 0.6) is 0 Å². The van der Waals surface area contributed by atoms with Crippen LogP contribution in [0.1, 0.15) is 105 Å². The van der Waals surface area contributed by atoms with Crippen LogP contribution in [0.4, 0.5) is 52.7 Å². The van der Waals surface area contributed by atoms with Crippen molar-refractivity contribution in [3.05, 3.63) is 412 Å². The highest BCUT2D eigenvalue weighted by Crippen LogP contribution is 2.54. The topological polar surface area (TPSA) is 162 Å². The molecule has 682 valence electrons. The summed E-state index contributed by atoms with van der Waals surface area (Å²) in [5.74, 6) is -0.447. The van der Waals surface area contributed by atoms with E-state index in [0.717, 1.165) is 24.3 Å². The fourth-order valence-corrected chi connectivity index (χ4v) is 20.7. The zero-order chi connectivity index (χ0) is 98.5. The van der Waals surface area contributed by atoms with Gasteiger partial charge in [-0.1, -0.05) is 189 Å². The number of alkyl halides is 12. The van der Waals surface area contributed by atoms with Gasteiger partial charge in [0.05, 0.1) is 159 Å². The average molecular weight is 1880 g/mol. The summed E-state index contributed by atoms with van der Waals surface area (Å²) in [6.45, 7) is 3.74. The predicted octanol–water partition coefficient (Wildman–Crippen LogP) is 32.9. The van der Waals surface area contributed by atoms with Crippen molar-refractivity contribution >= 4 is 93.5 Å². The van der Waals surface area contributed by atoms with Gasteiger partial charge in [-0.25, -0.2) is 0 Å². The molecule has 0 fully saturated rings. The molecule has 4 heterocycles. The van der Waals surface area contributed by atoms with E-state index in [1.165, 1.54) is 66.8 Å². The Bertz CT molecular complexity index is 9190. The monoisotopic (exact) mass is 1880 g/mol. The van der Waals surface area contributed by atoms with Crippen LogP contribution in [0.25, 0.3) is 194 Å². The molecule has 2 unspecified atom stereocenters. The van der Waals surface area contributed by atoms with Crippen molar-refractivity contribution in [2.75, 3.05) is 0 Å². The molecule has 22 rings (SSSR count). The first-order chi connectivity index (χ1) is 68.4. The van der Waals surface area contributed by atoms with E-state index in [-0.39, 0.29) is 61.3 Å². The molecule has 2 aliphatic carbocycles. The summed E-state index contributed by atoms with van der Waals surface area (Å²) in [4.78, 5) is 0. The Morgan fingerprint density at radius 3 is 1.09 bits per heavy atom. The first kappa shape index (κ1) is 89.0. The van der Waals surface area contributed by atoms with E-state index in [4.69, 9.17) is 0 Å². The number of hydrogen-bond acceptors (Lipinski definition) is 6. The van der Waals surface area contributed by atoms with E-state index >= 15 is 52.7 Å². The molecule has 2 aliphatic rings. The van der Waals surface area contributed by atoms with Crippen LogP contribution in [0.15, 0.2) is 340 Å². The van der Waals surface area contributed by atoms with Gasteiger partial charge >= 0.3 is 24.7 Å². The van der Waals surface area contributed by atoms with Crippen LogP contribution in [0, 0.1) is 73.4 Å². The standard InChI is InChI=1S/C120H68F12N10/c1-68-49-87(76-24-15-71(64-135)16-25-76)60-112-114(68)95-40-31-86(59-107(95)142(112)111-58-85(35-44-101(111)120(130,131)132)84-34-43-100(119(127,128)129)110(57-84)141-105-53-80(75-22-13-70(63-134)14-23-75)29-38-92(105)93-39-30-81(54-106(93)141)78-45-47-116(2,67-138)48-46-78)89-36-19-73(66-137)50-96(89)97-51-88(77-26-17-72(65-136)18-27-77)61-113-115(97)94-8-4-6-10-103(94)140(113)109-56-83(33-42-99(109)118(124,125)126)82-32-41-98(117(121,122)123)108(55-82)139-102-9-5-3-7-90(102)91-37-28-79(52-104(91)139)74-20-11-69(62-133)12-21-74/h3-47,50-61,68H,48-49H2,1-2H3. The quantitative estimate of drug-likeness (QED) is 0.104. The molecule has 142 heavy (non-hydrogen) atoms. The molecule has 22 heteroatoms. The number of hydrogen-bond donors (Lipinski definition) is 0. The van der Waals surface area contributed by atoms with Crippen molar-refractivity contribution in [2.24, 2.45) is 5.41 Å². The highest BCUT2D eigenvalue weighted by atomic mass is 19.4. The van der Waals surface area contributed by atoms with E-state index in [0.29, 0.717) is 178 Å². The number of benzene rings is 16. The summed E-state index contributed by atoms with van der Waals surface area (Å²) in [5, 5.41) is 64.4. The average Bonchev–Trinajstić information content (AvgIpc) is 1.56. The summed E-state index contributed by atoms with van der Waals surface area (Å²) < 4.78 is 204. The Morgan fingerprint density at radius 2 is 0.641 bits per heavy atom. The highest BCUT2D eigenvalue weighted by Gasteiger charge is 2.42. The SMILES string of the molecule is CC1CC(c2ccc(C#N)cc2)=Cc2c1c1ccc(-c3ccc(C#N)cc3-c3cc(-c4ccc(C#N)cc4)cc4c3c3ccccc3n4-c3cc(-c4ccc(C(F)(F)F)c(-n5c6ccccc6c6ccc(-c7ccc(C#N)cc7)cc65)c4)ccc3C(F)(F)F)cc1n2-c1cc(-c2ccc(C(F)(F)F)c(-n3c4cc(C5=CCC(C)(C#N)C=C5)ccc4c4ccc(-c5ccc(C#N)cc5)cc43)c2)ccc1C(F)(F)F. The molecule has 16 aromatic carbocycles. The van der Waals surface area contributed by atoms with Crippen LogP contribution >= 0.6 is 0 Å². The number of rotatable bonds is 13. The maximum atomic E-state index is 16.9. The molecular formula is C120H68F12N10. The van der Waals surface area contributed by atoms with Gasteiger partial charge in [0.2, 0.25) is 0 Å². The smallest absolute Gasteiger partial charge is 0.309 e. The van der Waals surface area contributed by atoms with Crippen molar-refractivity contribution in [2.45, 2.75) is 57.3 Å². The maximum Gasteiger partial charge on any atom is 0.418 e. The van der Waals surface area contributed by atoms with Gasteiger partial charge in [-0.3, -0.25) is 0 Å². The van der Waals surface area contributed by atoms with Gasteiger partial charge in [0.1, 0.15) is 0 Å². The van der Waals surface area contributed by atoms with Gasteiger partial charge in [-0.05, 0) is 295 Å². The molecule has 0 N–H and O–H groups in total. The van der Waals surface area contributed by atoms with E-state index in [1.807, 2.05) is 55.5 Å². The Balaban J connectivity index is 0.759. The summed E-state index contributed by atoms with van der Waals surface area (Å²) in [7, 11) is 0. The zero-order valence-electron chi connectivity index (χ0n) is 74.9. The van der Waals surface area contributed by atoms with Crippen LogP contribution < -0.4 is 0 Å². The summed E-state index contributed by atoms with van der Waals surface area (Å²) in [6.07, 6.45) is -12.3. The first-order valence-corrected chi connectivity index (χ1v) is 45.2. The lowest BCUT2D eigenvalue weighted by atomic mass is 9.82. The van der Waals surface area contributed by atoms with Crippen LogP contribution in [0.2, 0.25) is 0 Å². The fraction of sp³-hybridized carbons (Fsp3) is 0.0833. The van der Waals surface area contributed by atoms with Crippen LogP contribution in [0.3, 0.4) is 0 Å². The van der Waals surface area contributed by atoms with Crippen molar-refractivity contribution in [1.29, 1.82) is 31.6 Å². The van der Waals surface area contributed by atoms with E-state index in [2.05, 4.69) is 36.4 Å². The number of nitriles is 6. The molecule has 10 nitrogen and oxygen atoms in total. The lowest BCUT2D eigenvalue weighted by Gasteiger charge is -2.24. The number of aromatic nitrogens is 4. The minimum Gasteiger partial charge on any atom is -0.309 e. The Hall–Kier alpha value is -18.2. The molecule has 0 spiro atoms. The third-order valence-corrected chi connectivity index (χ3v) is 27.6. The normalized spacial score (nSPS) is 14.5. The Morgan fingerprint density at radius 1 is 0.296 bits per heavy atom. The van der Waals surface area contributed by atoms with Gasteiger partial charge in [0.15, 0.2) is 0 Å². The Labute approximate surface area is 803 Å². The van der Waals surface area contributed by atoms with Crippen LogP contribution in [-0.2, 0) is 24.7 Å². The molecule has 0 amide bonds. The molecule has 0 bridgehead atoms. The molecule has 20 aromatic rings. The lowest BCUT2D eigenvalue weighted by Crippen LogP contribution is -2.13. The number of fused-ring (bicyclic) bond motifs is 12. The number of allylic oxidation sites excluding steroid dienone is 5. The van der Waals surface area contributed by atoms with Gasteiger partial charge in [-0.2, -0.15) is 84.3 Å². The van der Waals surface area contributed by atoms with Crippen molar-refractivity contribution in [3.8, 4) is 137 Å². The van der Waals surface area contributed by atoms with E-state index < -0.39 is 69.7 Å². The van der Waals surface area contributed by atoms with Gasteiger partial charge in [0, 0.05) is 37.7 Å². The molecule has 2 atom stereocenters. The summed E-state index contributed by atoms with van der Waals surface area (Å²) >= 11 is 0. The third kappa shape index (κ3) is 15.2. The molecular weight excluding hydrogens is 1810 g/mol. The van der Waals surface area contributed by atoms with Crippen LogP contribution in [-0.4, -0.2) is 18.3 Å². The maximum absolute atomic E-state index is 16.9. The van der Waals surface area contributed by atoms with E-state index in [1.54, 1.807) is 231 Å². The summed E-state index contributed by atoms with van der Waals surface area (Å²) in [6, 6.07) is 97.2. The molecule has 4 aromatic heterocycles. The number of para-hydroxylation sites is 2. The minimum atomic E-state index is -5.14. The van der Waals surface area contributed by atoms with Gasteiger partial charge in [0.25, 0.3) is 0 Å². The molecule has 0 aliphatic heterocycles. The Kier molecular flexibility index (Phi) is 21.1. The fourth-order valence-electron chi connectivity index (χ4n) is 20.7. The third-order valence-electron chi connectivity index (χ3n) is 27.6. The minimum absolute atomic E-state index is 0.0670. The number of nitrogens with zero attached hydrogens (tertiary/aromatic N) is 10. The zero-order valence-corrected chi connectivity index (χ0v) is 74.9. The van der Waals surface area contributed by atoms with Crippen molar-refractivity contribution in [1.82, 2.24) is 18.3 Å². The second-order valence-electron chi connectivity index (χ2n) is 36.1. The highest BCUT2D eigenvalue weighted by molar-refractivity contribution is 6.19. The van der Waals surface area contributed by atoms with Gasteiger partial charge < -0.3 is 18.3 Å². The largest absolute Gasteiger partial charge is 0.418 e. The van der Waals surface area contributed by atoms with Crippen molar-refractivity contribution < 1.29 is 52.7 Å². The predicted molar refractivity (Wildman–Crippen MR) is 531 cm³/mol. The van der Waals surface area contributed by atoms with Crippen molar-refractivity contribution in [3.63, 3.8) is 0 Å². The van der Waals surface area contributed by atoms with E-state index in [9.17, 15) is 31.6 Å².